The van der Waals surface area contributed by atoms with Crippen molar-refractivity contribution in [1.82, 2.24) is 0 Å². The zero-order chi connectivity index (χ0) is 18.6. The van der Waals surface area contributed by atoms with Crippen molar-refractivity contribution in [2.45, 2.75) is 66.0 Å². The van der Waals surface area contributed by atoms with Gasteiger partial charge in [0.15, 0.2) is 12.2 Å². The van der Waals surface area contributed by atoms with E-state index in [4.69, 9.17) is 18.9 Å². The molecule has 0 aromatic heterocycles. The van der Waals surface area contributed by atoms with Gasteiger partial charge in [0.05, 0.1) is 0 Å². The lowest BCUT2D eigenvalue weighted by Gasteiger charge is -2.46. The minimum Gasteiger partial charge on any atom is -0.458 e. The van der Waals surface area contributed by atoms with Crippen LogP contribution in [0.1, 0.15) is 41.5 Å². The van der Waals surface area contributed by atoms with Crippen molar-refractivity contribution >= 4 is 23.9 Å². The van der Waals surface area contributed by atoms with Crippen LogP contribution in [0.15, 0.2) is 0 Å². The summed E-state index contributed by atoms with van der Waals surface area (Å²) in [7, 11) is 0. The first kappa shape index (κ1) is 19.9. The summed E-state index contributed by atoms with van der Waals surface area (Å²) in [5.41, 5.74) is 0. The van der Waals surface area contributed by atoms with Crippen molar-refractivity contribution in [3.63, 3.8) is 0 Å². The summed E-state index contributed by atoms with van der Waals surface area (Å²) in [6, 6.07) is 0. The van der Waals surface area contributed by atoms with Crippen molar-refractivity contribution in [2.75, 3.05) is 0 Å². The van der Waals surface area contributed by atoms with Crippen LogP contribution in [0.3, 0.4) is 0 Å². The van der Waals surface area contributed by atoms with Crippen molar-refractivity contribution < 1.29 is 38.1 Å². The molecule has 0 amide bonds. The van der Waals surface area contributed by atoms with E-state index in [1.807, 2.05) is 0 Å². The Bertz CT molecular complexity index is 468. The smallest absolute Gasteiger partial charge is 0.303 e. The van der Waals surface area contributed by atoms with Crippen molar-refractivity contribution in [3.05, 3.63) is 0 Å². The molecule has 1 saturated carbocycles. The highest BCUT2D eigenvalue weighted by Gasteiger charge is 2.54. The highest BCUT2D eigenvalue weighted by molar-refractivity contribution is 5.69. The Morgan fingerprint density at radius 2 is 0.708 bits per heavy atom. The molecule has 1 rings (SSSR count). The van der Waals surface area contributed by atoms with Crippen LogP contribution in [-0.4, -0.2) is 48.3 Å². The number of hydrogen-bond acceptors (Lipinski definition) is 8. The van der Waals surface area contributed by atoms with Gasteiger partial charge in [0, 0.05) is 39.5 Å². The van der Waals surface area contributed by atoms with Gasteiger partial charge >= 0.3 is 23.9 Å². The van der Waals surface area contributed by atoms with E-state index in [-0.39, 0.29) is 11.8 Å². The Kier molecular flexibility index (Phi) is 6.74. The molecule has 0 saturated heterocycles. The zero-order valence-corrected chi connectivity index (χ0v) is 14.7. The number of hydrogen-bond donors (Lipinski definition) is 0. The molecule has 0 aromatic rings. The third kappa shape index (κ3) is 4.94. The fourth-order valence-electron chi connectivity index (χ4n) is 2.95. The maximum absolute atomic E-state index is 11.5. The maximum atomic E-state index is 11.5. The second kappa shape index (κ2) is 8.12. The predicted octanol–water partition coefficient (Wildman–Crippen LogP) is 0.999. The second-order valence-corrected chi connectivity index (χ2v) is 6.01. The Morgan fingerprint density at radius 3 is 0.917 bits per heavy atom. The summed E-state index contributed by atoms with van der Waals surface area (Å²) < 4.78 is 21.1. The van der Waals surface area contributed by atoms with Gasteiger partial charge in [-0.1, -0.05) is 13.8 Å². The van der Waals surface area contributed by atoms with Gasteiger partial charge in [-0.25, -0.2) is 0 Å². The summed E-state index contributed by atoms with van der Waals surface area (Å²) in [6.07, 6.45) is -3.77. The molecule has 0 unspecified atom stereocenters. The van der Waals surface area contributed by atoms with E-state index in [1.165, 1.54) is 27.7 Å². The Morgan fingerprint density at radius 1 is 0.500 bits per heavy atom. The van der Waals surface area contributed by atoms with Gasteiger partial charge in [-0.3, -0.25) is 19.2 Å². The van der Waals surface area contributed by atoms with Gasteiger partial charge in [0.25, 0.3) is 0 Å². The number of carbonyl (C=O) groups is 4. The van der Waals surface area contributed by atoms with Crippen LogP contribution in [0.4, 0.5) is 0 Å². The molecule has 8 heteroatoms. The number of rotatable bonds is 4. The highest BCUT2D eigenvalue weighted by Crippen LogP contribution is 2.37. The molecule has 6 atom stereocenters. The summed E-state index contributed by atoms with van der Waals surface area (Å²) in [5.74, 6) is -2.95. The lowest BCUT2D eigenvalue weighted by molar-refractivity contribution is -0.227. The quantitative estimate of drug-likeness (QED) is 0.549. The minimum absolute atomic E-state index is 0.297. The lowest BCUT2D eigenvalue weighted by Crippen LogP contribution is -2.61. The monoisotopic (exact) mass is 344 g/mol. The second-order valence-electron chi connectivity index (χ2n) is 6.01. The normalized spacial score (nSPS) is 32.4. The fraction of sp³-hybridized carbons (Fsp3) is 0.750. The molecule has 24 heavy (non-hydrogen) atoms. The minimum atomic E-state index is -1.06. The molecule has 1 aliphatic rings. The van der Waals surface area contributed by atoms with Crippen molar-refractivity contribution in [3.8, 4) is 0 Å². The zero-order valence-electron chi connectivity index (χ0n) is 14.7. The number of esters is 4. The predicted molar refractivity (Wildman–Crippen MR) is 80.5 cm³/mol. The molecule has 136 valence electrons. The van der Waals surface area contributed by atoms with E-state index in [2.05, 4.69) is 0 Å². The van der Waals surface area contributed by atoms with Crippen LogP contribution < -0.4 is 0 Å². The highest BCUT2D eigenvalue weighted by atomic mass is 16.6. The van der Waals surface area contributed by atoms with Crippen LogP contribution in [0.2, 0.25) is 0 Å². The molecule has 0 spiro atoms. The molecule has 0 aromatic carbocycles. The molecule has 0 aliphatic heterocycles. The summed E-state index contributed by atoms with van der Waals surface area (Å²) >= 11 is 0. The first-order valence-electron chi connectivity index (χ1n) is 7.73. The summed E-state index contributed by atoms with van der Waals surface area (Å²) in [6.45, 7) is 8.44. The van der Waals surface area contributed by atoms with E-state index >= 15 is 0 Å². The number of carbonyl (C=O) groups excluding carboxylic acids is 4. The van der Waals surface area contributed by atoms with Gasteiger partial charge < -0.3 is 18.9 Å². The topological polar surface area (TPSA) is 105 Å². The molecule has 0 N–H and O–H groups in total. The Balaban J connectivity index is 3.28. The first-order chi connectivity index (χ1) is 11.0. The van der Waals surface area contributed by atoms with Crippen LogP contribution in [0, 0.1) is 11.8 Å². The van der Waals surface area contributed by atoms with Crippen LogP contribution in [-0.2, 0) is 38.1 Å². The fourth-order valence-corrected chi connectivity index (χ4v) is 2.95. The van der Waals surface area contributed by atoms with E-state index in [0.717, 1.165) is 0 Å². The Labute approximate surface area is 140 Å². The Hall–Kier alpha value is -2.12. The molecule has 0 bridgehead atoms. The number of ether oxygens (including phenoxy) is 4. The molecular weight excluding hydrogens is 320 g/mol. The van der Waals surface area contributed by atoms with Gasteiger partial charge in [0.2, 0.25) is 0 Å². The van der Waals surface area contributed by atoms with Crippen molar-refractivity contribution in [2.24, 2.45) is 11.8 Å². The van der Waals surface area contributed by atoms with E-state index in [1.54, 1.807) is 13.8 Å². The van der Waals surface area contributed by atoms with Gasteiger partial charge in [0.1, 0.15) is 12.2 Å². The lowest BCUT2D eigenvalue weighted by atomic mass is 9.74. The molecule has 0 radical (unpaired) electrons. The average Bonchev–Trinajstić information content (AvgIpc) is 2.42. The molecule has 1 fully saturated rings. The summed E-state index contributed by atoms with van der Waals surface area (Å²) in [5, 5.41) is 0. The van der Waals surface area contributed by atoms with E-state index in [0.29, 0.717) is 0 Å². The van der Waals surface area contributed by atoms with Crippen molar-refractivity contribution in [1.29, 1.82) is 0 Å². The van der Waals surface area contributed by atoms with E-state index < -0.39 is 48.3 Å². The van der Waals surface area contributed by atoms with Gasteiger partial charge in [-0.15, -0.1) is 0 Å². The van der Waals surface area contributed by atoms with E-state index in [9.17, 15) is 19.2 Å². The molecule has 0 heterocycles. The SMILES string of the molecule is CC(=O)O[C@@H]1[C@H](OC(C)=O)[C@@H](OC(C)=O)[C@H](C)[C@H](C)[C@H]1OC(C)=O. The maximum Gasteiger partial charge on any atom is 0.303 e. The van der Waals surface area contributed by atoms with Gasteiger partial charge in [-0.2, -0.15) is 0 Å². The largest absolute Gasteiger partial charge is 0.458 e. The molecule has 1 aliphatic carbocycles. The summed E-state index contributed by atoms with van der Waals surface area (Å²) in [4.78, 5) is 45.8. The third-order valence-electron chi connectivity index (χ3n) is 4.05. The average molecular weight is 344 g/mol. The van der Waals surface area contributed by atoms with Crippen LogP contribution in [0.25, 0.3) is 0 Å². The first-order valence-corrected chi connectivity index (χ1v) is 7.73. The molecular formula is C16H24O8. The standard InChI is InChI=1S/C16H24O8/c1-7-8(2)14(22-10(4)18)16(24-12(6)20)15(23-11(5)19)13(7)21-9(3)17/h7-8,13-16H,1-6H3/t7-,8+,13+,14-,15-,16+. The molecule has 8 nitrogen and oxygen atoms in total. The van der Waals surface area contributed by atoms with Crippen LogP contribution in [0.5, 0.6) is 0 Å². The van der Waals surface area contributed by atoms with Crippen LogP contribution >= 0.6 is 0 Å². The third-order valence-corrected chi connectivity index (χ3v) is 4.05. The van der Waals surface area contributed by atoms with Gasteiger partial charge in [-0.05, 0) is 0 Å².